The van der Waals surface area contributed by atoms with Gasteiger partial charge in [-0.1, -0.05) is 24.0 Å². The monoisotopic (exact) mass is 308 g/mol. The van der Waals surface area contributed by atoms with Crippen molar-refractivity contribution in [3.05, 3.63) is 64.5 Å². The Morgan fingerprint density at radius 2 is 1.83 bits per heavy atom. The van der Waals surface area contributed by atoms with Gasteiger partial charge in [-0.25, -0.2) is 0 Å². The summed E-state index contributed by atoms with van der Waals surface area (Å²) in [5.74, 6) is 5.98. The Bertz CT molecular complexity index is 676. The van der Waals surface area contributed by atoms with Crippen molar-refractivity contribution in [2.24, 2.45) is 0 Å². The van der Waals surface area contributed by atoms with Gasteiger partial charge in [0, 0.05) is 30.8 Å². The van der Waals surface area contributed by atoms with E-state index in [0.717, 1.165) is 30.0 Å². The van der Waals surface area contributed by atoms with Gasteiger partial charge in [0.2, 0.25) is 0 Å². The molecule has 0 radical (unpaired) electrons. The molecular formula is C20H24N2O. The smallest absolute Gasteiger partial charge is 0.0549 e. The molecule has 2 rings (SSSR count). The van der Waals surface area contributed by atoms with Crippen LogP contribution in [0.1, 0.15) is 34.5 Å². The van der Waals surface area contributed by atoms with Crippen LogP contribution in [0.4, 0.5) is 0 Å². The fourth-order valence-corrected chi connectivity index (χ4v) is 2.56. The first-order chi connectivity index (χ1) is 11.1. The minimum atomic E-state index is 0.113. The lowest BCUT2D eigenvalue weighted by Crippen LogP contribution is -2.18. The number of hydrogen-bond donors (Lipinski definition) is 1. The largest absolute Gasteiger partial charge is 0.395 e. The Morgan fingerprint density at radius 3 is 2.48 bits per heavy atom. The number of pyridine rings is 1. The molecule has 3 nitrogen and oxygen atoms in total. The molecule has 1 N–H and O–H groups in total. The Kier molecular flexibility index (Phi) is 6.34. The normalized spacial score (nSPS) is 10.5. The second-order valence-electron chi connectivity index (χ2n) is 5.92. The summed E-state index contributed by atoms with van der Waals surface area (Å²) in [7, 11) is 2.11. The van der Waals surface area contributed by atoms with Gasteiger partial charge in [0.15, 0.2) is 0 Å². The Hall–Kier alpha value is -2.15. The SMILES string of the molecule is Cc1cc(C)nc(CN(C)Cc2ccc(C#CCCO)cc2)c1. The average Bonchev–Trinajstić information content (AvgIpc) is 2.48. The van der Waals surface area contributed by atoms with Crippen LogP contribution in [0.3, 0.4) is 0 Å². The van der Waals surface area contributed by atoms with E-state index in [1.54, 1.807) is 0 Å². The highest BCUT2D eigenvalue weighted by atomic mass is 16.2. The summed E-state index contributed by atoms with van der Waals surface area (Å²) in [6.45, 7) is 5.96. The lowest BCUT2D eigenvalue weighted by Gasteiger charge is -2.17. The fraction of sp³-hybridized carbons (Fsp3) is 0.350. The third kappa shape index (κ3) is 5.86. The summed E-state index contributed by atoms with van der Waals surface area (Å²) in [6.07, 6.45) is 0.521. The molecule has 1 aromatic heterocycles. The van der Waals surface area contributed by atoms with Gasteiger partial charge >= 0.3 is 0 Å². The minimum Gasteiger partial charge on any atom is -0.395 e. The molecule has 0 spiro atoms. The van der Waals surface area contributed by atoms with Crippen LogP contribution < -0.4 is 0 Å². The van der Waals surface area contributed by atoms with E-state index in [0.29, 0.717) is 6.42 Å². The zero-order valence-electron chi connectivity index (χ0n) is 14.1. The van der Waals surface area contributed by atoms with Crippen LogP contribution in [-0.2, 0) is 13.1 Å². The molecule has 120 valence electrons. The lowest BCUT2D eigenvalue weighted by atomic mass is 10.1. The molecule has 1 heterocycles. The number of benzene rings is 1. The van der Waals surface area contributed by atoms with E-state index in [1.807, 2.05) is 19.1 Å². The van der Waals surface area contributed by atoms with Gasteiger partial charge < -0.3 is 5.11 Å². The van der Waals surface area contributed by atoms with Crippen LogP contribution >= 0.6 is 0 Å². The molecule has 2 aromatic rings. The fourth-order valence-electron chi connectivity index (χ4n) is 2.56. The van der Waals surface area contributed by atoms with Crippen LogP contribution in [0.2, 0.25) is 0 Å². The van der Waals surface area contributed by atoms with Crippen molar-refractivity contribution in [1.82, 2.24) is 9.88 Å². The molecule has 1 aromatic carbocycles. The second-order valence-corrected chi connectivity index (χ2v) is 5.92. The van der Waals surface area contributed by atoms with Gasteiger partial charge in [-0.15, -0.1) is 0 Å². The molecule has 0 saturated heterocycles. The van der Waals surface area contributed by atoms with Crippen molar-refractivity contribution < 1.29 is 5.11 Å². The molecule has 0 atom stereocenters. The molecule has 0 saturated carbocycles. The van der Waals surface area contributed by atoms with Crippen molar-refractivity contribution in [2.45, 2.75) is 33.4 Å². The van der Waals surface area contributed by atoms with Gasteiger partial charge in [0.05, 0.1) is 12.3 Å². The summed E-state index contributed by atoms with van der Waals surface area (Å²) in [5, 5.41) is 8.73. The van der Waals surface area contributed by atoms with Gasteiger partial charge in [0.25, 0.3) is 0 Å². The number of aliphatic hydroxyl groups excluding tert-OH is 1. The molecule has 0 bridgehead atoms. The summed E-state index contributed by atoms with van der Waals surface area (Å²) in [6, 6.07) is 12.5. The van der Waals surface area contributed by atoms with Crippen molar-refractivity contribution in [1.29, 1.82) is 0 Å². The van der Waals surface area contributed by atoms with E-state index in [-0.39, 0.29) is 6.61 Å². The van der Waals surface area contributed by atoms with Crippen LogP contribution in [0.5, 0.6) is 0 Å². The molecule has 0 amide bonds. The summed E-state index contributed by atoms with van der Waals surface area (Å²) in [4.78, 5) is 6.85. The van der Waals surface area contributed by atoms with E-state index in [4.69, 9.17) is 5.11 Å². The highest BCUT2D eigenvalue weighted by Gasteiger charge is 2.04. The highest BCUT2D eigenvalue weighted by Crippen LogP contribution is 2.10. The third-order valence-electron chi connectivity index (χ3n) is 3.46. The predicted octanol–water partition coefficient (Wildman–Crippen LogP) is 3.06. The Labute approximate surface area is 139 Å². The number of hydrogen-bond acceptors (Lipinski definition) is 3. The van der Waals surface area contributed by atoms with Crippen LogP contribution in [0, 0.1) is 25.7 Å². The maximum atomic E-state index is 8.73. The van der Waals surface area contributed by atoms with Gasteiger partial charge in [-0.3, -0.25) is 9.88 Å². The predicted molar refractivity (Wildman–Crippen MR) is 93.9 cm³/mol. The third-order valence-corrected chi connectivity index (χ3v) is 3.46. The number of nitrogens with zero attached hydrogens (tertiary/aromatic N) is 2. The minimum absolute atomic E-state index is 0.113. The molecule has 3 heteroatoms. The first-order valence-corrected chi connectivity index (χ1v) is 7.88. The van der Waals surface area contributed by atoms with Gasteiger partial charge in [-0.05, 0) is 56.3 Å². The summed E-state index contributed by atoms with van der Waals surface area (Å²) < 4.78 is 0. The molecule has 0 aliphatic carbocycles. The van der Waals surface area contributed by atoms with E-state index < -0.39 is 0 Å². The van der Waals surface area contributed by atoms with Gasteiger partial charge in [-0.2, -0.15) is 0 Å². The summed E-state index contributed by atoms with van der Waals surface area (Å²) in [5.41, 5.74) is 5.67. The first-order valence-electron chi connectivity index (χ1n) is 7.88. The van der Waals surface area contributed by atoms with Crippen molar-refractivity contribution in [3.8, 4) is 11.8 Å². The van der Waals surface area contributed by atoms with Crippen molar-refractivity contribution in [2.75, 3.05) is 13.7 Å². The lowest BCUT2D eigenvalue weighted by molar-refractivity contribution is 0.305. The molecule has 0 aliphatic heterocycles. The average molecular weight is 308 g/mol. The van der Waals surface area contributed by atoms with E-state index in [1.165, 1.54) is 11.1 Å². The highest BCUT2D eigenvalue weighted by molar-refractivity contribution is 5.36. The maximum Gasteiger partial charge on any atom is 0.0549 e. The Morgan fingerprint density at radius 1 is 1.09 bits per heavy atom. The van der Waals surface area contributed by atoms with Crippen molar-refractivity contribution >= 4 is 0 Å². The quantitative estimate of drug-likeness (QED) is 0.863. The maximum absolute atomic E-state index is 8.73. The van der Waals surface area contributed by atoms with E-state index >= 15 is 0 Å². The van der Waals surface area contributed by atoms with Crippen LogP contribution in [0.15, 0.2) is 36.4 Å². The van der Waals surface area contributed by atoms with E-state index in [2.05, 4.69) is 60.0 Å². The van der Waals surface area contributed by atoms with Crippen LogP contribution in [0.25, 0.3) is 0 Å². The summed E-state index contributed by atoms with van der Waals surface area (Å²) >= 11 is 0. The standard InChI is InChI=1S/C20H24N2O/c1-16-12-17(2)21-20(13-16)15-22(3)14-19-9-7-18(8-10-19)6-4-5-11-23/h7-10,12-13,23H,5,11,14-15H2,1-3H3. The van der Waals surface area contributed by atoms with E-state index in [9.17, 15) is 0 Å². The van der Waals surface area contributed by atoms with Crippen LogP contribution in [-0.4, -0.2) is 28.6 Å². The van der Waals surface area contributed by atoms with Gasteiger partial charge in [0.1, 0.15) is 0 Å². The number of aliphatic hydroxyl groups is 1. The molecular weight excluding hydrogens is 284 g/mol. The molecule has 0 unspecified atom stereocenters. The molecule has 0 aliphatic rings. The molecule has 23 heavy (non-hydrogen) atoms. The van der Waals surface area contributed by atoms with Crippen molar-refractivity contribution in [3.63, 3.8) is 0 Å². The number of rotatable bonds is 5. The first kappa shape index (κ1) is 17.2. The zero-order chi connectivity index (χ0) is 16.7. The Balaban J connectivity index is 1.95. The topological polar surface area (TPSA) is 36.4 Å². The zero-order valence-corrected chi connectivity index (χ0v) is 14.1. The second kappa shape index (κ2) is 8.47. The number of aromatic nitrogens is 1. The molecule has 0 fully saturated rings. The number of aryl methyl sites for hydroxylation is 2.